The maximum atomic E-state index is 11.8. The quantitative estimate of drug-likeness (QED) is 0.772. The standard InChI is InChI=1S/C11H16N2O3/c1-7-5-9(14)10(12)11(15)13(7)6-8-3-2-4-16-8/h5,8,14H,2-4,6,12H2,1H3. The van der Waals surface area contributed by atoms with Crippen LogP contribution >= 0.6 is 0 Å². The van der Waals surface area contributed by atoms with E-state index in [1.54, 1.807) is 11.5 Å². The van der Waals surface area contributed by atoms with Crippen LogP contribution < -0.4 is 11.3 Å². The molecule has 2 rings (SSSR count). The lowest BCUT2D eigenvalue weighted by molar-refractivity contribution is 0.0956. The van der Waals surface area contributed by atoms with Gasteiger partial charge in [0.2, 0.25) is 0 Å². The lowest BCUT2D eigenvalue weighted by atomic mass is 10.2. The number of ether oxygens (including phenoxy) is 1. The highest BCUT2D eigenvalue weighted by Gasteiger charge is 2.18. The van der Waals surface area contributed by atoms with E-state index in [0.29, 0.717) is 12.2 Å². The first-order chi connectivity index (χ1) is 7.59. The average molecular weight is 224 g/mol. The van der Waals surface area contributed by atoms with Crippen LogP contribution in [-0.4, -0.2) is 22.4 Å². The Kier molecular flexibility index (Phi) is 2.87. The monoisotopic (exact) mass is 224 g/mol. The summed E-state index contributed by atoms with van der Waals surface area (Å²) in [7, 11) is 0. The van der Waals surface area contributed by atoms with Gasteiger partial charge in [-0.3, -0.25) is 4.79 Å². The van der Waals surface area contributed by atoms with Crippen molar-refractivity contribution in [1.29, 1.82) is 0 Å². The summed E-state index contributed by atoms with van der Waals surface area (Å²) in [5.74, 6) is -0.147. The zero-order chi connectivity index (χ0) is 11.7. The Labute approximate surface area is 93.5 Å². The van der Waals surface area contributed by atoms with E-state index >= 15 is 0 Å². The number of nitrogens with two attached hydrogens (primary N) is 1. The number of aromatic hydroxyl groups is 1. The maximum absolute atomic E-state index is 11.8. The molecule has 0 radical (unpaired) electrons. The fourth-order valence-corrected chi connectivity index (χ4v) is 1.99. The first-order valence-electron chi connectivity index (χ1n) is 5.40. The second-order valence-electron chi connectivity index (χ2n) is 4.14. The van der Waals surface area contributed by atoms with Crippen molar-refractivity contribution >= 4 is 5.69 Å². The molecule has 0 bridgehead atoms. The molecule has 5 nitrogen and oxygen atoms in total. The van der Waals surface area contributed by atoms with E-state index in [9.17, 15) is 9.90 Å². The van der Waals surface area contributed by atoms with Gasteiger partial charge in [0.25, 0.3) is 5.56 Å². The lowest BCUT2D eigenvalue weighted by Gasteiger charge is -2.15. The molecular weight excluding hydrogens is 208 g/mol. The molecule has 1 aliphatic rings. The molecule has 1 unspecified atom stereocenters. The first-order valence-corrected chi connectivity index (χ1v) is 5.40. The average Bonchev–Trinajstić information content (AvgIpc) is 2.74. The molecule has 1 aromatic rings. The Hall–Kier alpha value is -1.49. The Morgan fingerprint density at radius 3 is 3.06 bits per heavy atom. The largest absolute Gasteiger partial charge is 0.506 e. The van der Waals surface area contributed by atoms with Gasteiger partial charge in [-0.1, -0.05) is 0 Å². The number of nitrogens with zero attached hydrogens (tertiary/aromatic N) is 1. The lowest BCUT2D eigenvalue weighted by Crippen LogP contribution is -2.29. The number of hydrogen-bond acceptors (Lipinski definition) is 4. The maximum Gasteiger partial charge on any atom is 0.277 e. The molecule has 0 aromatic carbocycles. The molecule has 0 aliphatic carbocycles. The van der Waals surface area contributed by atoms with Crippen LogP contribution in [0, 0.1) is 6.92 Å². The van der Waals surface area contributed by atoms with Gasteiger partial charge in [0.05, 0.1) is 12.6 Å². The molecule has 0 spiro atoms. The van der Waals surface area contributed by atoms with Crippen molar-refractivity contribution in [3.8, 4) is 5.75 Å². The normalized spacial score (nSPS) is 20.2. The van der Waals surface area contributed by atoms with Gasteiger partial charge in [-0.25, -0.2) is 0 Å². The van der Waals surface area contributed by atoms with Crippen LogP contribution in [0.2, 0.25) is 0 Å². The predicted molar refractivity (Wildman–Crippen MR) is 60.5 cm³/mol. The molecule has 0 saturated carbocycles. The molecule has 0 amide bonds. The van der Waals surface area contributed by atoms with Crippen molar-refractivity contribution in [1.82, 2.24) is 4.57 Å². The minimum atomic E-state index is -0.340. The van der Waals surface area contributed by atoms with Crippen molar-refractivity contribution in [3.63, 3.8) is 0 Å². The molecule has 5 heteroatoms. The number of nitrogen functional groups attached to an aromatic ring is 1. The number of pyridine rings is 1. The zero-order valence-corrected chi connectivity index (χ0v) is 9.27. The number of hydrogen-bond donors (Lipinski definition) is 2. The fourth-order valence-electron chi connectivity index (χ4n) is 1.99. The van der Waals surface area contributed by atoms with Gasteiger partial charge in [-0.05, 0) is 19.8 Å². The van der Waals surface area contributed by atoms with Crippen LogP contribution in [0.5, 0.6) is 5.75 Å². The van der Waals surface area contributed by atoms with Crippen molar-refractivity contribution in [2.24, 2.45) is 0 Å². The third-order valence-corrected chi connectivity index (χ3v) is 2.93. The number of rotatable bonds is 2. The Balaban J connectivity index is 2.32. The summed E-state index contributed by atoms with van der Waals surface area (Å²) < 4.78 is 7.03. The molecule has 1 aromatic heterocycles. The van der Waals surface area contributed by atoms with Crippen LogP contribution in [0.1, 0.15) is 18.5 Å². The smallest absolute Gasteiger partial charge is 0.277 e. The van der Waals surface area contributed by atoms with Gasteiger partial charge >= 0.3 is 0 Å². The van der Waals surface area contributed by atoms with Crippen molar-refractivity contribution in [3.05, 3.63) is 22.1 Å². The molecule has 1 aliphatic heterocycles. The summed E-state index contributed by atoms with van der Waals surface area (Å²) in [6.45, 7) is 3.04. The highest BCUT2D eigenvalue weighted by Crippen LogP contribution is 2.18. The predicted octanol–water partition coefficient (Wildman–Crippen LogP) is 0.624. The molecule has 88 valence electrons. The Bertz CT molecular complexity index is 447. The third kappa shape index (κ3) is 1.90. The topological polar surface area (TPSA) is 77.5 Å². The first kappa shape index (κ1) is 11.0. The van der Waals surface area contributed by atoms with Crippen molar-refractivity contribution in [2.45, 2.75) is 32.4 Å². The highest BCUT2D eigenvalue weighted by molar-refractivity contribution is 5.50. The van der Waals surface area contributed by atoms with E-state index in [4.69, 9.17) is 10.5 Å². The number of aromatic nitrogens is 1. The molecule has 3 N–H and O–H groups in total. The van der Waals surface area contributed by atoms with E-state index in [1.165, 1.54) is 6.07 Å². The van der Waals surface area contributed by atoms with Crippen LogP contribution in [-0.2, 0) is 11.3 Å². The molecule has 2 heterocycles. The molecule has 16 heavy (non-hydrogen) atoms. The van der Waals surface area contributed by atoms with E-state index in [-0.39, 0.29) is 23.1 Å². The van der Waals surface area contributed by atoms with Crippen molar-refractivity contribution < 1.29 is 9.84 Å². The minimum absolute atomic E-state index is 0.0837. The van der Waals surface area contributed by atoms with Crippen LogP contribution in [0.15, 0.2) is 10.9 Å². The second-order valence-corrected chi connectivity index (χ2v) is 4.14. The molecule has 1 atom stereocenters. The SMILES string of the molecule is Cc1cc(O)c(N)c(=O)n1CC1CCCO1. The number of anilines is 1. The Morgan fingerprint density at radius 2 is 2.44 bits per heavy atom. The summed E-state index contributed by atoms with van der Waals surface area (Å²) in [5, 5.41) is 9.40. The Morgan fingerprint density at radius 1 is 1.69 bits per heavy atom. The van der Waals surface area contributed by atoms with Gasteiger partial charge in [0.15, 0.2) is 0 Å². The summed E-state index contributed by atoms with van der Waals surface area (Å²) in [6, 6.07) is 1.51. The highest BCUT2D eigenvalue weighted by atomic mass is 16.5. The zero-order valence-electron chi connectivity index (χ0n) is 9.27. The number of aryl methyl sites for hydroxylation is 1. The van der Waals surface area contributed by atoms with Gasteiger partial charge in [0, 0.05) is 18.4 Å². The molecule has 1 saturated heterocycles. The fraction of sp³-hybridized carbons (Fsp3) is 0.545. The second kappa shape index (κ2) is 4.17. The molecular formula is C11H16N2O3. The van der Waals surface area contributed by atoms with E-state index in [0.717, 1.165) is 19.4 Å². The van der Waals surface area contributed by atoms with Gasteiger partial charge in [-0.15, -0.1) is 0 Å². The van der Waals surface area contributed by atoms with Crippen LogP contribution in [0.4, 0.5) is 5.69 Å². The van der Waals surface area contributed by atoms with Crippen molar-refractivity contribution in [2.75, 3.05) is 12.3 Å². The molecule has 1 fully saturated rings. The van der Waals surface area contributed by atoms with E-state index in [2.05, 4.69) is 0 Å². The summed E-state index contributed by atoms with van der Waals surface area (Å²) in [4.78, 5) is 11.8. The van der Waals surface area contributed by atoms with E-state index < -0.39 is 0 Å². The summed E-state index contributed by atoms with van der Waals surface area (Å²) in [6.07, 6.45) is 2.08. The summed E-state index contributed by atoms with van der Waals surface area (Å²) in [5.41, 5.74) is 5.77. The minimum Gasteiger partial charge on any atom is -0.506 e. The summed E-state index contributed by atoms with van der Waals surface area (Å²) >= 11 is 0. The van der Waals surface area contributed by atoms with Crippen LogP contribution in [0.3, 0.4) is 0 Å². The van der Waals surface area contributed by atoms with Gasteiger partial charge in [0.1, 0.15) is 11.4 Å². The third-order valence-electron chi connectivity index (χ3n) is 2.93. The van der Waals surface area contributed by atoms with Gasteiger partial charge < -0.3 is 20.1 Å². The van der Waals surface area contributed by atoms with E-state index in [1.807, 2.05) is 0 Å². The van der Waals surface area contributed by atoms with Gasteiger partial charge in [-0.2, -0.15) is 0 Å². The van der Waals surface area contributed by atoms with Crippen LogP contribution in [0.25, 0.3) is 0 Å².